The van der Waals surface area contributed by atoms with E-state index in [-0.39, 0.29) is 29.7 Å². The van der Waals surface area contributed by atoms with Gasteiger partial charge in [0.2, 0.25) is 11.7 Å². The number of fused-ring (bicyclic) bond motifs is 1. The molecule has 4 aromatic rings. The van der Waals surface area contributed by atoms with Gasteiger partial charge in [0, 0.05) is 35.3 Å². The molecule has 13 heteroatoms. The van der Waals surface area contributed by atoms with E-state index in [9.17, 15) is 31.1 Å². The maximum absolute atomic E-state index is 13.6. The molecule has 0 saturated heterocycles. The summed E-state index contributed by atoms with van der Waals surface area (Å²) < 4.78 is 90.6. The summed E-state index contributed by atoms with van der Waals surface area (Å²) in [5, 5.41) is 7.06. The lowest BCUT2D eigenvalue weighted by Gasteiger charge is -2.20. The van der Waals surface area contributed by atoms with E-state index in [1.54, 1.807) is 35.0 Å². The Hall–Kier alpha value is -4.03. The van der Waals surface area contributed by atoms with Gasteiger partial charge in [-0.25, -0.2) is 0 Å². The monoisotopic (exact) mass is 512 g/mol. The highest BCUT2D eigenvalue weighted by atomic mass is 19.4. The number of amides is 1. The molecule has 190 valence electrons. The Morgan fingerprint density at radius 1 is 1.14 bits per heavy atom. The molecule has 2 heterocycles. The second-order valence-corrected chi connectivity index (χ2v) is 7.79. The van der Waals surface area contributed by atoms with E-state index in [4.69, 9.17) is 4.52 Å². The third-order valence-corrected chi connectivity index (χ3v) is 5.37. The van der Waals surface area contributed by atoms with Crippen LogP contribution >= 0.6 is 0 Å². The summed E-state index contributed by atoms with van der Waals surface area (Å²) in [6.07, 6.45) is -10.6. The van der Waals surface area contributed by atoms with Crippen molar-refractivity contribution < 1.29 is 40.4 Å². The zero-order valence-corrected chi connectivity index (χ0v) is 18.7. The molecule has 0 unspecified atom stereocenters. The molecular formula is C23H18F6N4O3. The Kier molecular flexibility index (Phi) is 6.41. The van der Waals surface area contributed by atoms with Gasteiger partial charge in [-0.2, -0.15) is 31.3 Å². The van der Waals surface area contributed by atoms with E-state index >= 15 is 0 Å². The van der Waals surface area contributed by atoms with Crippen LogP contribution in [0.1, 0.15) is 12.5 Å². The number of hydrogen-bond acceptors (Lipinski definition) is 5. The van der Waals surface area contributed by atoms with Gasteiger partial charge in [0.05, 0.1) is 5.56 Å². The van der Waals surface area contributed by atoms with E-state index in [1.807, 2.05) is 0 Å². The predicted molar refractivity (Wildman–Crippen MR) is 116 cm³/mol. The van der Waals surface area contributed by atoms with Gasteiger partial charge in [-0.3, -0.25) is 4.79 Å². The standard InChI is InChI=1S/C23H18F6N4O3/c1-12(22(24,25)26)35-18-7-6-13(10-16(18)23(27,28)29)21-31-20(32-36-21)15-4-3-5-17-14(15)8-9-33(17)11-19(34)30-2/h3-10,12H,11H2,1-2H3,(H,30,34)/t12-/m0/s1. The minimum Gasteiger partial charge on any atom is -0.481 e. The number of ether oxygens (including phenoxy) is 1. The van der Waals surface area contributed by atoms with Crippen molar-refractivity contribution in [2.45, 2.75) is 31.9 Å². The molecule has 4 rings (SSSR count). The number of carbonyl (C=O) groups excluding carboxylic acids is 1. The Bertz CT molecular complexity index is 1410. The number of hydrogen-bond donors (Lipinski definition) is 1. The maximum Gasteiger partial charge on any atom is 0.425 e. The van der Waals surface area contributed by atoms with Gasteiger partial charge in [0.1, 0.15) is 12.3 Å². The molecule has 7 nitrogen and oxygen atoms in total. The van der Waals surface area contributed by atoms with Crippen LogP contribution < -0.4 is 10.1 Å². The predicted octanol–water partition coefficient (Wildman–Crippen LogP) is 5.45. The van der Waals surface area contributed by atoms with Crippen LogP contribution in [-0.4, -0.2) is 39.9 Å². The number of halogens is 6. The lowest BCUT2D eigenvalue weighted by atomic mass is 10.1. The van der Waals surface area contributed by atoms with Crippen LogP contribution in [0.4, 0.5) is 26.3 Å². The minimum atomic E-state index is -5.00. The van der Waals surface area contributed by atoms with Crippen molar-refractivity contribution in [2.24, 2.45) is 0 Å². The van der Waals surface area contributed by atoms with E-state index in [0.717, 1.165) is 12.1 Å². The number of aromatic nitrogens is 3. The largest absolute Gasteiger partial charge is 0.481 e. The SMILES string of the molecule is CNC(=O)Cn1ccc2c(-c3noc(-c4ccc(O[C@@H](C)C(F)(F)F)c(C(F)(F)F)c4)n3)cccc21. The Labute approximate surface area is 199 Å². The summed E-state index contributed by atoms with van der Waals surface area (Å²) in [5.74, 6) is -1.38. The van der Waals surface area contributed by atoms with Gasteiger partial charge in [0.15, 0.2) is 6.10 Å². The summed E-state index contributed by atoms with van der Waals surface area (Å²) in [7, 11) is 1.51. The summed E-state index contributed by atoms with van der Waals surface area (Å²) in [6, 6.07) is 9.37. The molecule has 2 aromatic carbocycles. The molecule has 0 bridgehead atoms. The zero-order chi connectivity index (χ0) is 26.3. The first-order chi connectivity index (χ1) is 16.9. The second kappa shape index (κ2) is 9.21. The number of carbonyl (C=O) groups is 1. The number of nitrogens with one attached hydrogen (secondary N) is 1. The molecule has 0 aliphatic heterocycles. The van der Waals surface area contributed by atoms with Crippen LogP contribution in [0.25, 0.3) is 33.7 Å². The molecule has 2 aromatic heterocycles. The van der Waals surface area contributed by atoms with E-state index in [1.165, 1.54) is 7.05 Å². The van der Waals surface area contributed by atoms with Crippen molar-refractivity contribution in [1.82, 2.24) is 20.0 Å². The van der Waals surface area contributed by atoms with Gasteiger partial charge in [-0.15, -0.1) is 0 Å². The van der Waals surface area contributed by atoms with E-state index < -0.39 is 29.8 Å². The number of likely N-dealkylation sites (N-methyl/N-ethyl adjacent to an activating group) is 1. The molecule has 0 aliphatic carbocycles. The lowest BCUT2D eigenvalue weighted by Crippen LogP contribution is -2.31. The Morgan fingerprint density at radius 2 is 1.89 bits per heavy atom. The fourth-order valence-electron chi connectivity index (χ4n) is 3.48. The highest BCUT2D eigenvalue weighted by molar-refractivity contribution is 5.94. The van der Waals surface area contributed by atoms with Crippen LogP contribution in [-0.2, 0) is 17.5 Å². The zero-order valence-electron chi connectivity index (χ0n) is 18.7. The van der Waals surface area contributed by atoms with E-state index in [2.05, 4.69) is 20.2 Å². The Balaban J connectivity index is 1.69. The second-order valence-electron chi connectivity index (χ2n) is 7.79. The summed E-state index contributed by atoms with van der Waals surface area (Å²) in [5.41, 5.74) is -0.364. The smallest absolute Gasteiger partial charge is 0.425 e. The molecular weight excluding hydrogens is 494 g/mol. The average Bonchev–Trinajstić information content (AvgIpc) is 3.45. The molecule has 0 spiro atoms. The molecule has 0 aliphatic rings. The fourth-order valence-corrected chi connectivity index (χ4v) is 3.48. The number of rotatable bonds is 6. The molecule has 0 fully saturated rings. The van der Waals surface area contributed by atoms with Crippen molar-refractivity contribution in [2.75, 3.05) is 7.05 Å². The van der Waals surface area contributed by atoms with Crippen molar-refractivity contribution in [1.29, 1.82) is 0 Å². The third kappa shape index (κ3) is 4.99. The first-order valence-corrected chi connectivity index (χ1v) is 10.5. The highest BCUT2D eigenvalue weighted by Crippen LogP contribution is 2.40. The first-order valence-electron chi connectivity index (χ1n) is 10.5. The lowest BCUT2D eigenvalue weighted by molar-refractivity contribution is -0.191. The fraction of sp³-hybridized carbons (Fsp3) is 0.261. The summed E-state index contributed by atoms with van der Waals surface area (Å²) >= 11 is 0. The van der Waals surface area contributed by atoms with Gasteiger partial charge >= 0.3 is 12.4 Å². The van der Waals surface area contributed by atoms with Crippen LogP contribution in [0.5, 0.6) is 5.75 Å². The van der Waals surface area contributed by atoms with Crippen molar-refractivity contribution in [3.63, 3.8) is 0 Å². The van der Waals surface area contributed by atoms with Gasteiger partial charge in [0.25, 0.3) is 5.89 Å². The van der Waals surface area contributed by atoms with Gasteiger partial charge in [-0.05, 0) is 37.3 Å². The van der Waals surface area contributed by atoms with Gasteiger partial charge < -0.3 is 19.1 Å². The highest BCUT2D eigenvalue weighted by Gasteiger charge is 2.41. The van der Waals surface area contributed by atoms with Crippen molar-refractivity contribution in [3.8, 4) is 28.6 Å². The summed E-state index contributed by atoms with van der Waals surface area (Å²) in [4.78, 5) is 15.9. The normalized spacial score (nSPS) is 13.1. The third-order valence-electron chi connectivity index (χ3n) is 5.37. The van der Waals surface area contributed by atoms with Crippen LogP contribution in [0.2, 0.25) is 0 Å². The average molecular weight is 512 g/mol. The van der Waals surface area contributed by atoms with Crippen molar-refractivity contribution in [3.05, 3.63) is 54.2 Å². The van der Waals surface area contributed by atoms with E-state index in [0.29, 0.717) is 29.5 Å². The molecule has 0 radical (unpaired) electrons. The first kappa shape index (κ1) is 25.1. The Morgan fingerprint density at radius 3 is 2.56 bits per heavy atom. The topological polar surface area (TPSA) is 82.2 Å². The van der Waals surface area contributed by atoms with Crippen molar-refractivity contribution >= 4 is 16.8 Å². The maximum atomic E-state index is 13.6. The van der Waals surface area contributed by atoms with Gasteiger partial charge in [-0.1, -0.05) is 17.3 Å². The van der Waals surface area contributed by atoms with Crippen LogP contribution in [0.15, 0.2) is 53.2 Å². The quantitative estimate of drug-likeness (QED) is 0.348. The molecule has 1 amide bonds. The number of nitrogens with zero attached hydrogens (tertiary/aromatic N) is 3. The molecule has 1 atom stereocenters. The van der Waals surface area contributed by atoms with Crippen LogP contribution in [0.3, 0.4) is 0 Å². The molecule has 0 saturated carbocycles. The molecule has 36 heavy (non-hydrogen) atoms. The number of benzene rings is 2. The minimum absolute atomic E-state index is 0.0720. The molecule has 1 N–H and O–H groups in total. The number of alkyl halides is 6. The van der Waals surface area contributed by atoms with Crippen LogP contribution in [0, 0.1) is 0 Å². The summed E-state index contributed by atoms with van der Waals surface area (Å²) in [6.45, 7) is 0.684.